The third-order valence-electron chi connectivity index (χ3n) is 1.57. The highest BCUT2D eigenvalue weighted by Gasteiger charge is 2.26. The molecule has 0 spiro atoms. The van der Waals surface area contributed by atoms with Gasteiger partial charge in [-0.1, -0.05) is 13.8 Å². The maximum Gasteiger partial charge on any atom is 0.128 e. The number of aliphatic hydroxyl groups is 2. The lowest BCUT2D eigenvalue weighted by Gasteiger charge is -2.23. The lowest BCUT2D eigenvalue weighted by molar-refractivity contribution is -0.120. The molecule has 1 atom stereocenters. The Morgan fingerprint density at radius 3 is 2.40 bits per heavy atom. The minimum atomic E-state index is -0.741. The summed E-state index contributed by atoms with van der Waals surface area (Å²) in [5.74, 6) is 0. The quantitative estimate of drug-likeness (QED) is 0.547. The van der Waals surface area contributed by atoms with Crippen LogP contribution in [0.4, 0.5) is 0 Å². The van der Waals surface area contributed by atoms with Crippen molar-refractivity contribution >= 4 is 6.29 Å². The average Bonchev–Trinajstić information content (AvgIpc) is 1.89. The van der Waals surface area contributed by atoms with Gasteiger partial charge >= 0.3 is 0 Å². The Labute approximate surface area is 60.7 Å². The van der Waals surface area contributed by atoms with Crippen molar-refractivity contribution in [1.82, 2.24) is 0 Å². The second-order valence-corrected chi connectivity index (χ2v) is 2.97. The van der Waals surface area contributed by atoms with Crippen molar-refractivity contribution in [3.63, 3.8) is 0 Å². The van der Waals surface area contributed by atoms with Gasteiger partial charge in [0.25, 0.3) is 0 Å². The minimum Gasteiger partial charge on any atom is -0.396 e. The van der Waals surface area contributed by atoms with E-state index in [-0.39, 0.29) is 13.0 Å². The summed E-state index contributed by atoms with van der Waals surface area (Å²) in [5, 5.41) is 17.6. The zero-order valence-corrected chi connectivity index (χ0v) is 6.37. The van der Waals surface area contributed by atoms with E-state index >= 15 is 0 Å². The van der Waals surface area contributed by atoms with Gasteiger partial charge in [0.2, 0.25) is 0 Å². The fraction of sp³-hybridized carbons (Fsp3) is 0.857. The zero-order chi connectivity index (χ0) is 8.20. The molecule has 2 N–H and O–H groups in total. The van der Waals surface area contributed by atoms with Gasteiger partial charge in [-0.3, -0.25) is 0 Å². The third kappa shape index (κ3) is 2.45. The maximum absolute atomic E-state index is 10.3. The summed E-state index contributed by atoms with van der Waals surface area (Å²) >= 11 is 0. The molecular weight excluding hydrogens is 132 g/mol. The summed E-state index contributed by atoms with van der Waals surface area (Å²) in [7, 11) is 0. The molecule has 0 aromatic heterocycles. The fourth-order valence-corrected chi connectivity index (χ4v) is 0.573. The van der Waals surface area contributed by atoms with Crippen LogP contribution in [-0.2, 0) is 4.79 Å². The van der Waals surface area contributed by atoms with E-state index in [9.17, 15) is 9.90 Å². The molecule has 0 aliphatic rings. The first-order valence-electron chi connectivity index (χ1n) is 3.30. The van der Waals surface area contributed by atoms with Gasteiger partial charge in [0.1, 0.15) is 6.29 Å². The molecule has 0 fully saturated rings. The second-order valence-electron chi connectivity index (χ2n) is 2.97. The van der Waals surface area contributed by atoms with Crippen molar-refractivity contribution in [2.75, 3.05) is 6.61 Å². The highest BCUT2D eigenvalue weighted by molar-refractivity contribution is 5.58. The van der Waals surface area contributed by atoms with Gasteiger partial charge in [-0.25, -0.2) is 0 Å². The first-order valence-corrected chi connectivity index (χ1v) is 3.30. The number of aldehydes is 1. The van der Waals surface area contributed by atoms with Crippen molar-refractivity contribution in [2.45, 2.75) is 26.4 Å². The number of aliphatic hydroxyl groups excluding tert-OH is 2. The van der Waals surface area contributed by atoms with Gasteiger partial charge < -0.3 is 15.0 Å². The second kappa shape index (κ2) is 3.68. The molecule has 3 heteroatoms. The Balaban J connectivity index is 3.90. The smallest absolute Gasteiger partial charge is 0.128 e. The van der Waals surface area contributed by atoms with Crippen LogP contribution in [0.15, 0.2) is 0 Å². The molecular formula is C7H14O3. The van der Waals surface area contributed by atoms with Crippen molar-refractivity contribution in [3.05, 3.63) is 0 Å². The molecule has 0 aromatic rings. The molecule has 0 aliphatic heterocycles. The van der Waals surface area contributed by atoms with Crippen LogP contribution in [0.1, 0.15) is 20.3 Å². The summed E-state index contributed by atoms with van der Waals surface area (Å²) in [6, 6.07) is 0. The van der Waals surface area contributed by atoms with Crippen LogP contribution >= 0.6 is 0 Å². The van der Waals surface area contributed by atoms with E-state index in [0.29, 0.717) is 6.29 Å². The van der Waals surface area contributed by atoms with E-state index in [1.54, 1.807) is 13.8 Å². The van der Waals surface area contributed by atoms with Crippen molar-refractivity contribution in [2.24, 2.45) is 5.41 Å². The number of hydrogen-bond donors (Lipinski definition) is 2. The monoisotopic (exact) mass is 146 g/mol. The van der Waals surface area contributed by atoms with Gasteiger partial charge in [-0.15, -0.1) is 0 Å². The Bertz CT molecular complexity index is 109. The molecule has 0 radical (unpaired) electrons. The Hall–Kier alpha value is -0.410. The number of carbonyl (C=O) groups is 1. The standard InChI is InChI=1S/C7H14O3/c1-7(2,5-9)6(10)3-4-8/h5-6,8,10H,3-4H2,1-2H3. The van der Waals surface area contributed by atoms with Crippen LogP contribution in [0, 0.1) is 5.41 Å². The van der Waals surface area contributed by atoms with Crippen LogP contribution in [-0.4, -0.2) is 29.2 Å². The van der Waals surface area contributed by atoms with E-state index in [4.69, 9.17) is 5.11 Å². The topological polar surface area (TPSA) is 57.5 Å². The molecule has 0 bridgehead atoms. The molecule has 60 valence electrons. The van der Waals surface area contributed by atoms with Crippen LogP contribution < -0.4 is 0 Å². The first kappa shape index (κ1) is 9.59. The average molecular weight is 146 g/mol. The van der Waals surface area contributed by atoms with Gasteiger partial charge in [0.05, 0.1) is 6.10 Å². The third-order valence-corrected chi connectivity index (χ3v) is 1.57. The predicted molar refractivity (Wildman–Crippen MR) is 37.6 cm³/mol. The van der Waals surface area contributed by atoms with Crippen LogP contribution in [0.2, 0.25) is 0 Å². The Morgan fingerprint density at radius 2 is 2.10 bits per heavy atom. The largest absolute Gasteiger partial charge is 0.396 e. The number of carbonyl (C=O) groups excluding carboxylic acids is 1. The lowest BCUT2D eigenvalue weighted by atomic mass is 9.87. The summed E-state index contributed by atoms with van der Waals surface area (Å²) in [6.07, 6.45) is 0.217. The summed E-state index contributed by atoms with van der Waals surface area (Å²) in [5.41, 5.74) is -0.733. The molecule has 10 heavy (non-hydrogen) atoms. The molecule has 0 saturated carbocycles. The van der Waals surface area contributed by atoms with Gasteiger partial charge in [0, 0.05) is 12.0 Å². The Kier molecular flexibility index (Phi) is 3.53. The van der Waals surface area contributed by atoms with Crippen molar-refractivity contribution in [1.29, 1.82) is 0 Å². The summed E-state index contributed by atoms with van der Waals surface area (Å²) in [6.45, 7) is 3.19. The molecule has 0 rings (SSSR count). The van der Waals surface area contributed by atoms with E-state index in [1.807, 2.05) is 0 Å². The van der Waals surface area contributed by atoms with Gasteiger partial charge in [-0.05, 0) is 6.42 Å². The molecule has 0 aliphatic carbocycles. The van der Waals surface area contributed by atoms with E-state index < -0.39 is 11.5 Å². The normalized spacial score (nSPS) is 14.8. The summed E-state index contributed by atoms with van der Waals surface area (Å²) < 4.78 is 0. The maximum atomic E-state index is 10.3. The van der Waals surface area contributed by atoms with Crippen LogP contribution in [0.25, 0.3) is 0 Å². The molecule has 0 heterocycles. The molecule has 1 unspecified atom stereocenters. The van der Waals surface area contributed by atoms with E-state index in [1.165, 1.54) is 0 Å². The Morgan fingerprint density at radius 1 is 1.60 bits per heavy atom. The zero-order valence-electron chi connectivity index (χ0n) is 6.37. The highest BCUT2D eigenvalue weighted by Crippen LogP contribution is 2.18. The number of rotatable bonds is 4. The van der Waals surface area contributed by atoms with Crippen LogP contribution in [0.5, 0.6) is 0 Å². The van der Waals surface area contributed by atoms with E-state index in [0.717, 1.165) is 0 Å². The van der Waals surface area contributed by atoms with E-state index in [2.05, 4.69) is 0 Å². The summed E-state index contributed by atoms with van der Waals surface area (Å²) in [4.78, 5) is 10.3. The predicted octanol–water partition coefficient (Wildman–Crippen LogP) is -0.0452. The molecule has 0 saturated heterocycles. The van der Waals surface area contributed by atoms with Gasteiger partial charge in [0.15, 0.2) is 0 Å². The fourth-order valence-electron chi connectivity index (χ4n) is 0.573. The molecule has 3 nitrogen and oxygen atoms in total. The number of hydrogen-bond acceptors (Lipinski definition) is 3. The molecule has 0 amide bonds. The first-order chi connectivity index (χ1) is 4.54. The SMILES string of the molecule is CC(C)(C=O)C(O)CCO. The van der Waals surface area contributed by atoms with Crippen molar-refractivity contribution < 1.29 is 15.0 Å². The highest BCUT2D eigenvalue weighted by atomic mass is 16.3. The van der Waals surface area contributed by atoms with Crippen LogP contribution in [0.3, 0.4) is 0 Å². The lowest BCUT2D eigenvalue weighted by Crippen LogP contribution is -2.31. The molecule has 0 aromatic carbocycles. The van der Waals surface area contributed by atoms with Gasteiger partial charge in [-0.2, -0.15) is 0 Å². The minimum absolute atomic E-state index is 0.0849. The van der Waals surface area contributed by atoms with Crippen molar-refractivity contribution in [3.8, 4) is 0 Å².